The van der Waals surface area contributed by atoms with Crippen LogP contribution < -0.4 is 5.32 Å². The summed E-state index contributed by atoms with van der Waals surface area (Å²) in [6.07, 6.45) is 4.19. The predicted octanol–water partition coefficient (Wildman–Crippen LogP) is 3.15. The van der Waals surface area contributed by atoms with Gasteiger partial charge in [-0.25, -0.2) is 4.98 Å². The van der Waals surface area contributed by atoms with Gasteiger partial charge in [0.05, 0.1) is 5.02 Å². The molecule has 1 unspecified atom stereocenters. The largest absolute Gasteiger partial charge is 0.336 e. The van der Waals surface area contributed by atoms with Crippen molar-refractivity contribution in [2.24, 2.45) is 7.05 Å². The molecule has 2 heterocycles. The molecule has 0 saturated carbocycles. The van der Waals surface area contributed by atoms with Crippen molar-refractivity contribution in [3.63, 3.8) is 0 Å². The highest BCUT2D eigenvalue weighted by Crippen LogP contribution is 2.28. The number of imidazole rings is 1. The van der Waals surface area contributed by atoms with Gasteiger partial charge in [-0.15, -0.1) is 24.2 Å². The topological polar surface area (TPSA) is 50.2 Å². The SMILES string of the molecule is Cl.Cn1ccnc1C1CNCCN1C(=O)CCSc1ccccc1Cl. The monoisotopic (exact) mass is 400 g/mol. The minimum Gasteiger partial charge on any atom is -0.336 e. The molecular weight excluding hydrogens is 379 g/mol. The summed E-state index contributed by atoms with van der Waals surface area (Å²) < 4.78 is 1.98. The lowest BCUT2D eigenvalue weighted by molar-refractivity contribution is -0.134. The van der Waals surface area contributed by atoms with Crippen LogP contribution in [0.3, 0.4) is 0 Å². The first-order chi connectivity index (χ1) is 11.7. The van der Waals surface area contributed by atoms with E-state index >= 15 is 0 Å². The van der Waals surface area contributed by atoms with E-state index in [1.807, 2.05) is 47.0 Å². The molecule has 1 amide bonds. The first-order valence-corrected chi connectivity index (χ1v) is 9.38. The summed E-state index contributed by atoms with van der Waals surface area (Å²) in [5.74, 6) is 1.82. The molecule has 3 rings (SSSR count). The fourth-order valence-electron chi connectivity index (χ4n) is 2.89. The summed E-state index contributed by atoms with van der Waals surface area (Å²) in [4.78, 5) is 20.1. The second-order valence-corrected chi connectivity index (χ2v) is 7.28. The van der Waals surface area contributed by atoms with Crippen molar-refractivity contribution in [3.8, 4) is 0 Å². The van der Waals surface area contributed by atoms with Gasteiger partial charge in [-0.1, -0.05) is 23.7 Å². The minimum atomic E-state index is -0.00318. The highest BCUT2D eigenvalue weighted by Gasteiger charge is 2.29. The Labute approximate surface area is 163 Å². The number of amides is 1. The molecule has 1 aromatic heterocycles. The van der Waals surface area contributed by atoms with Crippen molar-refractivity contribution in [2.45, 2.75) is 17.4 Å². The van der Waals surface area contributed by atoms with Crippen LogP contribution >= 0.6 is 35.8 Å². The fraction of sp³-hybridized carbons (Fsp3) is 0.412. The number of carbonyl (C=O) groups is 1. The van der Waals surface area contributed by atoms with Gasteiger partial charge in [0.25, 0.3) is 0 Å². The summed E-state index contributed by atoms with van der Waals surface area (Å²) in [6.45, 7) is 2.28. The zero-order valence-electron chi connectivity index (χ0n) is 14.0. The van der Waals surface area contributed by atoms with E-state index < -0.39 is 0 Å². The van der Waals surface area contributed by atoms with E-state index in [2.05, 4.69) is 10.3 Å². The molecule has 1 saturated heterocycles. The van der Waals surface area contributed by atoms with Crippen LogP contribution in [-0.4, -0.2) is 45.7 Å². The third kappa shape index (κ3) is 4.91. The first-order valence-electron chi connectivity index (χ1n) is 8.01. The van der Waals surface area contributed by atoms with Crippen LogP contribution in [0.15, 0.2) is 41.6 Å². The molecule has 136 valence electrons. The van der Waals surface area contributed by atoms with Crippen LogP contribution in [0.5, 0.6) is 0 Å². The van der Waals surface area contributed by atoms with Crippen molar-refractivity contribution in [2.75, 3.05) is 25.4 Å². The van der Waals surface area contributed by atoms with Gasteiger partial charge in [-0.05, 0) is 12.1 Å². The number of thioether (sulfide) groups is 1. The molecule has 5 nitrogen and oxygen atoms in total. The normalized spacial score (nSPS) is 17.2. The Hall–Kier alpha value is -1.21. The van der Waals surface area contributed by atoms with Crippen LogP contribution in [0.2, 0.25) is 5.02 Å². The number of hydrogen-bond donors (Lipinski definition) is 1. The van der Waals surface area contributed by atoms with Crippen LogP contribution in [0.1, 0.15) is 18.3 Å². The molecule has 25 heavy (non-hydrogen) atoms. The van der Waals surface area contributed by atoms with Gasteiger partial charge in [-0.2, -0.15) is 0 Å². The number of rotatable bonds is 5. The number of benzene rings is 1. The average Bonchev–Trinajstić information content (AvgIpc) is 3.02. The molecule has 1 fully saturated rings. The zero-order chi connectivity index (χ0) is 16.9. The van der Waals surface area contributed by atoms with Crippen LogP contribution in [0, 0.1) is 0 Å². The fourth-order valence-corrected chi connectivity index (χ4v) is 4.06. The molecule has 1 aliphatic rings. The molecule has 0 aliphatic carbocycles. The molecule has 1 N–H and O–H groups in total. The molecule has 2 aromatic rings. The van der Waals surface area contributed by atoms with E-state index in [9.17, 15) is 4.79 Å². The summed E-state index contributed by atoms with van der Waals surface area (Å²) in [7, 11) is 1.97. The molecule has 1 aromatic carbocycles. The van der Waals surface area contributed by atoms with E-state index in [-0.39, 0.29) is 24.4 Å². The summed E-state index contributed by atoms with van der Waals surface area (Å²) in [5.41, 5.74) is 0. The third-order valence-electron chi connectivity index (χ3n) is 4.13. The van der Waals surface area contributed by atoms with Crippen molar-refractivity contribution >= 4 is 41.7 Å². The lowest BCUT2D eigenvalue weighted by atomic mass is 10.1. The maximum Gasteiger partial charge on any atom is 0.224 e. The number of carbonyl (C=O) groups excluding carboxylic acids is 1. The van der Waals surface area contributed by atoms with E-state index in [0.29, 0.717) is 13.0 Å². The molecule has 0 spiro atoms. The third-order valence-corrected chi connectivity index (χ3v) is 5.65. The van der Waals surface area contributed by atoms with Gasteiger partial charge < -0.3 is 14.8 Å². The summed E-state index contributed by atoms with van der Waals surface area (Å²) >= 11 is 7.79. The standard InChI is InChI=1S/C17H21ClN4OS.ClH/c1-21-9-8-20-17(21)14-12-19-7-10-22(14)16(23)6-11-24-15-5-3-2-4-13(15)18;/h2-5,8-9,14,19H,6-7,10-12H2,1H3;1H. The number of hydrogen-bond acceptors (Lipinski definition) is 4. The second-order valence-electron chi connectivity index (χ2n) is 5.73. The van der Waals surface area contributed by atoms with Gasteiger partial charge in [0, 0.05) is 56.1 Å². The number of aromatic nitrogens is 2. The van der Waals surface area contributed by atoms with Crippen molar-refractivity contribution < 1.29 is 4.79 Å². The number of nitrogens with one attached hydrogen (secondary N) is 1. The van der Waals surface area contributed by atoms with Crippen molar-refractivity contribution in [1.82, 2.24) is 19.8 Å². The highest BCUT2D eigenvalue weighted by molar-refractivity contribution is 7.99. The molecular formula is C17H22Cl2N4OS. The maximum atomic E-state index is 12.7. The zero-order valence-corrected chi connectivity index (χ0v) is 16.4. The smallest absolute Gasteiger partial charge is 0.224 e. The predicted molar refractivity (Wildman–Crippen MR) is 105 cm³/mol. The second kappa shape index (κ2) is 9.48. The lowest BCUT2D eigenvalue weighted by Crippen LogP contribution is -2.49. The Bertz CT molecular complexity index is 709. The van der Waals surface area contributed by atoms with E-state index in [4.69, 9.17) is 11.6 Å². The van der Waals surface area contributed by atoms with Gasteiger partial charge in [-0.3, -0.25) is 4.79 Å². The van der Waals surface area contributed by atoms with E-state index in [0.717, 1.165) is 34.6 Å². The number of aryl methyl sites for hydroxylation is 1. The van der Waals surface area contributed by atoms with Gasteiger partial charge in [0.15, 0.2) is 0 Å². The highest BCUT2D eigenvalue weighted by atomic mass is 35.5. The number of nitrogens with zero attached hydrogens (tertiary/aromatic N) is 3. The Kier molecular flexibility index (Phi) is 7.62. The minimum absolute atomic E-state index is 0. The molecule has 1 atom stereocenters. The van der Waals surface area contributed by atoms with Gasteiger partial charge in [0.1, 0.15) is 11.9 Å². The first kappa shape index (κ1) is 20.1. The molecule has 1 aliphatic heterocycles. The summed E-state index contributed by atoms with van der Waals surface area (Å²) in [6, 6.07) is 7.73. The van der Waals surface area contributed by atoms with Crippen molar-refractivity contribution in [3.05, 3.63) is 47.5 Å². The Morgan fingerprint density at radius 2 is 2.24 bits per heavy atom. The molecule has 0 bridgehead atoms. The Morgan fingerprint density at radius 1 is 1.44 bits per heavy atom. The van der Waals surface area contributed by atoms with Crippen LogP contribution in [-0.2, 0) is 11.8 Å². The van der Waals surface area contributed by atoms with Gasteiger partial charge in [0.2, 0.25) is 5.91 Å². The number of piperazine rings is 1. The molecule has 8 heteroatoms. The lowest BCUT2D eigenvalue weighted by Gasteiger charge is -2.35. The number of halogens is 2. The van der Waals surface area contributed by atoms with Crippen molar-refractivity contribution in [1.29, 1.82) is 0 Å². The van der Waals surface area contributed by atoms with E-state index in [1.165, 1.54) is 0 Å². The van der Waals surface area contributed by atoms with Crippen LogP contribution in [0.25, 0.3) is 0 Å². The summed E-state index contributed by atoms with van der Waals surface area (Å²) in [5, 5.41) is 4.09. The Morgan fingerprint density at radius 3 is 2.96 bits per heavy atom. The Balaban J connectivity index is 0.00000225. The van der Waals surface area contributed by atoms with E-state index in [1.54, 1.807) is 18.0 Å². The quantitative estimate of drug-likeness (QED) is 0.783. The van der Waals surface area contributed by atoms with Gasteiger partial charge >= 0.3 is 0 Å². The van der Waals surface area contributed by atoms with Crippen LogP contribution in [0.4, 0.5) is 0 Å². The average molecular weight is 401 g/mol. The maximum absolute atomic E-state index is 12.7. The molecule has 0 radical (unpaired) electrons.